The van der Waals surface area contributed by atoms with Gasteiger partial charge in [0.25, 0.3) is 0 Å². The number of hydrogen-bond donors (Lipinski definition) is 1. The molecule has 0 fully saturated rings. The highest BCUT2D eigenvalue weighted by Gasteiger charge is 2.20. The number of nitrogens with zero attached hydrogens (tertiary/aromatic N) is 3. The standard InChI is InChI=1S/C13H26N4O2/c1-6-19-10-11(14-2)13-12(18-5)9-15-17(13)8-7-16(3)4/h9,11,14H,6-8,10H2,1-5H3. The molecule has 1 rings (SSSR count). The number of ether oxygens (including phenoxy) is 2. The van der Waals surface area contributed by atoms with Crippen molar-refractivity contribution >= 4 is 0 Å². The van der Waals surface area contributed by atoms with Crippen LogP contribution in [0.4, 0.5) is 0 Å². The molecule has 1 N–H and O–H groups in total. The largest absolute Gasteiger partial charge is 0.493 e. The van der Waals surface area contributed by atoms with E-state index in [-0.39, 0.29) is 6.04 Å². The van der Waals surface area contributed by atoms with E-state index in [9.17, 15) is 0 Å². The second-order valence-electron chi connectivity index (χ2n) is 4.63. The van der Waals surface area contributed by atoms with Gasteiger partial charge in [0.05, 0.1) is 38.2 Å². The Morgan fingerprint density at radius 3 is 2.74 bits per heavy atom. The summed E-state index contributed by atoms with van der Waals surface area (Å²) < 4.78 is 12.9. The van der Waals surface area contributed by atoms with Gasteiger partial charge < -0.3 is 19.7 Å². The molecular weight excluding hydrogens is 244 g/mol. The quantitative estimate of drug-likeness (QED) is 0.717. The molecule has 6 nitrogen and oxygen atoms in total. The van der Waals surface area contributed by atoms with Crippen LogP contribution in [-0.4, -0.2) is 62.7 Å². The van der Waals surface area contributed by atoms with Crippen molar-refractivity contribution < 1.29 is 9.47 Å². The van der Waals surface area contributed by atoms with Gasteiger partial charge in [-0.1, -0.05) is 0 Å². The fourth-order valence-electron chi connectivity index (χ4n) is 1.89. The molecule has 1 heterocycles. The molecule has 0 aliphatic heterocycles. The topological polar surface area (TPSA) is 51.5 Å². The van der Waals surface area contributed by atoms with E-state index < -0.39 is 0 Å². The van der Waals surface area contributed by atoms with Crippen LogP contribution >= 0.6 is 0 Å². The molecule has 0 saturated carbocycles. The molecule has 1 unspecified atom stereocenters. The third kappa shape index (κ3) is 4.49. The predicted octanol–water partition coefficient (Wildman–Crippen LogP) is 0.750. The maximum absolute atomic E-state index is 5.52. The van der Waals surface area contributed by atoms with Gasteiger partial charge in [-0.15, -0.1) is 0 Å². The molecule has 0 aromatic carbocycles. The van der Waals surface area contributed by atoms with Crippen molar-refractivity contribution in [1.82, 2.24) is 20.0 Å². The van der Waals surface area contributed by atoms with Crippen LogP contribution in [0.15, 0.2) is 6.20 Å². The molecular formula is C13H26N4O2. The molecule has 110 valence electrons. The van der Waals surface area contributed by atoms with E-state index in [1.807, 2.05) is 18.7 Å². The minimum Gasteiger partial charge on any atom is -0.493 e. The minimum absolute atomic E-state index is 0.0829. The van der Waals surface area contributed by atoms with E-state index >= 15 is 0 Å². The number of hydrogen-bond acceptors (Lipinski definition) is 5. The van der Waals surface area contributed by atoms with Crippen LogP contribution in [0.2, 0.25) is 0 Å². The van der Waals surface area contributed by atoms with Crippen molar-refractivity contribution in [3.63, 3.8) is 0 Å². The summed E-state index contributed by atoms with van der Waals surface area (Å²) in [5, 5.41) is 7.67. The third-order valence-electron chi connectivity index (χ3n) is 2.99. The lowest BCUT2D eigenvalue weighted by Crippen LogP contribution is -2.27. The van der Waals surface area contributed by atoms with E-state index in [4.69, 9.17) is 9.47 Å². The lowest BCUT2D eigenvalue weighted by molar-refractivity contribution is 0.121. The van der Waals surface area contributed by atoms with Crippen molar-refractivity contribution in [2.45, 2.75) is 19.5 Å². The number of aromatic nitrogens is 2. The average molecular weight is 270 g/mol. The third-order valence-corrected chi connectivity index (χ3v) is 2.99. The first-order valence-corrected chi connectivity index (χ1v) is 6.63. The lowest BCUT2D eigenvalue weighted by atomic mass is 10.2. The van der Waals surface area contributed by atoms with Gasteiger partial charge >= 0.3 is 0 Å². The Kier molecular flexibility index (Phi) is 6.83. The minimum atomic E-state index is 0.0829. The van der Waals surface area contributed by atoms with Gasteiger partial charge in [0.15, 0.2) is 5.75 Å². The maximum Gasteiger partial charge on any atom is 0.161 e. The summed E-state index contributed by atoms with van der Waals surface area (Å²) in [6.45, 7) is 5.07. The zero-order chi connectivity index (χ0) is 14.3. The summed E-state index contributed by atoms with van der Waals surface area (Å²) >= 11 is 0. The van der Waals surface area contributed by atoms with Crippen LogP contribution in [0.3, 0.4) is 0 Å². The smallest absolute Gasteiger partial charge is 0.161 e. The Labute approximate surface area is 115 Å². The van der Waals surface area contributed by atoms with Crippen molar-refractivity contribution in [3.05, 3.63) is 11.9 Å². The van der Waals surface area contributed by atoms with Crippen LogP contribution in [0, 0.1) is 0 Å². The summed E-state index contributed by atoms with van der Waals surface area (Å²) in [7, 11) is 7.70. The molecule has 1 atom stereocenters. The molecule has 0 spiro atoms. The van der Waals surface area contributed by atoms with Crippen molar-refractivity contribution in [2.75, 3.05) is 48.0 Å². The summed E-state index contributed by atoms with van der Waals surface area (Å²) in [5.41, 5.74) is 1.04. The molecule has 0 aliphatic carbocycles. The molecule has 1 aromatic rings. The average Bonchev–Trinajstić information content (AvgIpc) is 2.80. The van der Waals surface area contributed by atoms with Crippen LogP contribution in [0.5, 0.6) is 5.75 Å². The first kappa shape index (κ1) is 15.9. The Morgan fingerprint density at radius 2 is 2.21 bits per heavy atom. The van der Waals surface area contributed by atoms with Gasteiger partial charge in [0, 0.05) is 13.2 Å². The van der Waals surface area contributed by atoms with E-state index in [0.717, 1.165) is 24.5 Å². The molecule has 0 saturated heterocycles. The molecule has 0 aliphatic rings. The van der Waals surface area contributed by atoms with E-state index in [2.05, 4.69) is 29.4 Å². The van der Waals surface area contributed by atoms with E-state index in [1.165, 1.54) is 0 Å². The molecule has 1 aromatic heterocycles. The molecule has 0 radical (unpaired) electrons. The summed E-state index contributed by atoms with van der Waals surface area (Å²) in [6, 6.07) is 0.0829. The van der Waals surface area contributed by atoms with E-state index in [1.54, 1.807) is 13.3 Å². The number of rotatable bonds is 9. The Hall–Kier alpha value is -1.11. The van der Waals surface area contributed by atoms with Crippen molar-refractivity contribution in [1.29, 1.82) is 0 Å². The van der Waals surface area contributed by atoms with Gasteiger partial charge in [0.2, 0.25) is 0 Å². The van der Waals surface area contributed by atoms with Gasteiger partial charge in [-0.05, 0) is 28.1 Å². The zero-order valence-electron chi connectivity index (χ0n) is 12.6. The van der Waals surface area contributed by atoms with Crippen LogP contribution in [0.1, 0.15) is 18.7 Å². The Morgan fingerprint density at radius 1 is 1.47 bits per heavy atom. The molecule has 0 amide bonds. The van der Waals surface area contributed by atoms with Crippen molar-refractivity contribution in [3.8, 4) is 5.75 Å². The van der Waals surface area contributed by atoms with E-state index in [0.29, 0.717) is 13.2 Å². The Bertz CT molecular complexity index is 366. The maximum atomic E-state index is 5.52. The van der Waals surface area contributed by atoms with Gasteiger partial charge in [-0.2, -0.15) is 5.10 Å². The summed E-state index contributed by atoms with van der Waals surface area (Å²) in [4.78, 5) is 2.13. The first-order valence-electron chi connectivity index (χ1n) is 6.63. The number of likely N-dealkylation sites (N-methyl/N-ethyl adjacent to an activating group) is 2. The lowest BCUT2D eigenvalue weighted by Gasteiger charge is -2.20. The van der Waals surface area contributed by atoms with Crippen LogP contribution in [-0.2, 0) is 11.3 Å². The molecule has 0 bridgehead atoms. The second kappa shape index (κ2) is 8.14. The predicted molar refractivity (Wildman–Crippen MR) is 75.6 cm³/mol. The van der Waals surface area contributed by atoms with Gasteiger partial charge in [0.1, 0.15) is 0 Å². The van der Waals surface area contributed by atoms with Crippen LogP contribution in [0.25, 0.3) is 0 Å². The fraction of sp³-hybridized carbons (Fsp3) is 0.769. The first-order chi connectivity index (χ1) is 9.13. The monoisotopic (exact) mass is 270 g/mol. The second-order valence-corrected chi connectivity index (χ2v) is 4.63. The summed E-state index contributed by atoms with van der Waals surface area (Å²) in [5.74, 6) is 0.804. The highest BCUT2D eigenvalue weighted by Crippen LogP contribution is 2.25. The van der Waals surface area contributed by atoms with Gasteiger partial charge in [-0.3, -0.25) is 4.68 Å². The normalized spacial score (nSPS) is 12.9. The molecule has 19 heavy (non-hydrogen) atoms. The van der Waals surface area contributed by atoms with Gasteiger partial charge in [-0.25, -0.2) is 0 Å². The summed E-state index contributed by atoms with van der Waals surface area (Å²) in [6.07, 6.45) is 1.77. The van der Waals surface area contributed by atoms with Crippen molar-refractivity contribution in [2.24, 2.45) is 0 Å². The van der Waals surface area contributed by atoms with Crippen LogP contribution < -0.4 is 10.1 Å². The number of nitrogens with one attached hydrogen (secondary N) is 1. The zero-order valence-corrected chi connectivity index (χ0v) is 12.6. The fourth-order valence-corrected chi connectivity index (χ4v) is 1.89. The highest BCUT2D eigenvalue weighted by atomic mass is 16.5. The SMILES string of the molecule is CCOCC(NC)c1c(OC)cnn1CCN(C)C. The number of methoxy groups -OCH3 is 1. The molecule has 6 heteroatoms. The Balaban J connectivity index is 2.89. The highest BCUT2D eigenvalue weighted by molar-refractivity contribution is 5.28.